The molecule has 2 heteroatoms. The van der Waals surface area contributed by atoms with Gasteiger partial charge < -0.3 is 10.3 Å². The number of hydrogen-bond acceptors (Lipinski definition) is 1. The second-order valence-electron chi connectivity index (χ2n) is 3.51. The molecule has 0 spiro atoms. The third kappa shape index (κ3) is 1.42. The summed E-state index contributed by atoms with van der Waals surface area (Å²) in [4.78, 5) is 3.46. The summed E-state index contributed by atoms with van der Waals surface area (Å²) in [6.07, 6.45) is 1.06. The summed E-state index contributed by atoms with van der Waals surface area (Å²) >= 11 is 0. The zero-order valence-corrected chi connectivity index (χ0v) is 8.72. The molecule has 0 unspecified atom stereocenters. The Morgan fingerprint density at radius 2 is 2.07 bits per heavy atom. The van der Waals surface area contributed by atoms with Crippen molar-refractivity contribution in [2.75, 3.05) is 7.05 Å². The molecule has 0 aliphatic rings. The van der Waals surface area contributed by atoms with Crippen molar-refractivity contribution < 1.29 is 0 Å². The second-order valence-corrected chi connectivity index (χ2v) is 3.51. The van der Waals surface area contributed by atoms with Crippen LogP contribution in [0.2, 0.25) is 0 Å². The fraction of sp³-hybridized carbons (Fsp3) is 0.333. The van der Waals surface area contributed by atoms with E-state index in [0.717, 1.165) is 13.0 Å². The maximum atomic E-state index is 3.46. The predicted molar refractivity (Wildman–Crippen MR) is 60.4 cm³/mol. The summed E-state index contributed by atoms with van der Waals surface area (Å²) in [6.45, 7) is 3.12. The van der Waals surface area contributed by atoms with E-state index in [0.29, 0.717) is 0 Å². The van der Waals surface area contributed by atoms with Gasteiger partial charge in [0.05, 0.1) is 0 Å². The minimum Gasteiger partial charge on any atom is -0.358 e. The highest BCUT2D eigenvalue weighted by Gasteiger charge is 2.07. The highest BCUT2D eigenvalue weighted by Crippen LogP contribution is 2.22. The number of aryl methyl sites for hydroxylation is 1. The van der Waals surface area contributed by atoms with Crippen LogP contribution in [0, 0.1) is 0 Å². The average molecular weight is 188 g/mol. The van der Waals surface area contributed by atoms with Crippen LogP contribution < -0.4 is 5.32 Å². The van der Waals surface area contributed by atoms with E-state index in [1.807, 2.05) is 7.05 Å². The lowest BCUT2D eigenvalue weighted by Crippen LogP contribution is -2.06. The Bertz CT molecular complexity index is 429. The quantitative estimate of drug-likeness (QED) is 0.760. The Morgan fingerprint density at radius 3 is 2.79 bits per heavy atom. The first-order valence-electron chi connectivity index (χ1n) is 5.10. The molecule has 2 N–H and O–H groups in total. The molecule has 0 radical (unpaired) electrons. The third-order valence-corrected chi connectivity index (χ3v) is 2.61. The van der Waals surface area contributed by atoms with Crippen LogP contribution in [0.15, 0.2) is 24.3 Å². The summed E-state index contributed by atoms with van der Waals surface area (Å²) in [5.74, 6) is 0. The lowest BCUT2D eigenvalue weighted by atomic mass is 10.1. The van der Waals surface area contributed by atoms with E-state index in [1.54, 1.807) is 0 Å². The zero-order valence-electron chi connectivity index (χ0n) is 8.72. The Labute approximate surface area is 84.3 Å². The van der Waals surface area contributed by atoms with Gasteiger partial charge in [-0.25, -0.2) is 0 Å². The molecule has 2 rings (SSSR count). The maximum Gasteiger partial charge on any atom is 0.0459 e. The van der Waals surface area contributed by atoms with Gasteiger partial charge in [-0.3, -0.25) is 0 Å². The molecule has 0 atom stereocenters. The minimum absolute atomic E-state index is 0.938. The average Bonchev–Trinajstić information content (AvgIpc) is 2.58. The molecule has 1 aromatic carbocycles. The number of aromatic amines is 1. The smallest absolute Gasteiger partial charge is 0.0459 e. The van der Waals surface area contributed by atoms with E-state index >= 15 is 0 Å². The maximum absolute atomic E-state index is 3.46. The van der Waals surface area contributed by atoms with Crippen LogP contribution in [0.25, 0.3) is 10.9 Å². The van der Waals surface area contributed by atoms with E-state index in [9.17, 15) is 0 Å². The van der Waals surface area contributed by atoms with Gasteiger partial charge in [-0.2, -0.15) is 0 Å². The number of benzene rings is 1. The zero-order chi connectivity index (χ0) is 9.97. The largest absolute Gasteiger partial charge is 0.358 e. The van der Waals surface area contributed by atoms with Crippen molar-refractivity contribution >= 4 is 10.9 Å². The van der Waals surface area contributed by atoms with Crippen LogP contribution in [0.4, 0.5) is 0 Å². The number of para-hydroxylation sites is 1. The van der Waals surface area contributed by atoms with Gasteiger partial charge in [0.1, 0.15) is 0 Å². The van der Waals surface area contributed by atoms with Crippen molar-refractivity contribution in [1.82, 2.24) is 10.3 Å². The molecular weight excluding hydrogens is 172 g/mol. The number of aromatic nitrogens is 1. The number of hydrogen-bond donors (Lipinski definition) is 2. The lowest BCUT2D eigenvalue weighted by molar-refractivity contribution is 0.809. The first-order chi connectivity index (χ1) is 6.86. The summed E-state index contributed by atoms with van der Waals surface area (Å²) in [7, 11) is 1.99. The van der Waals surface area contributed by atoms with Gasteiger partial charge in [-0.05, 0) is 25.1 Å². The van der Waals surface area contributed by atoms with Crippen LogP contribution in [0.1, 0.15) is 18.2 Å². The monoisotopic (exact) mass is 188 g/mol. The number of fused-ring (bicyclic) bond motifs is 1. The first kappa shape index (κ1) is 9.28. The highest BCUT2D eigenvalue weighted by atomic mass is 14.8. The Morgan fingerprint density at radius 1 is 1.29 bits per heavy atom. The molecule has 0 aliphatic heterocycles. The normalized spacial score (nSPS) is 11.0. The molecule has 14 heavy (non-hydrogen) atoms. The van der Waals surface area contributed by atoms with Gasteiger partial charge >= 0.3 is 0 Å². The molecule has 0 saturated carbocycles. The fourth-order valence-electron chi connectivity index (χ4n) is 1.94. The molecule has 2 aromatic rings. The molecule has 0 aliphatic carbocycles. The van der Waals surface area contributed by atoms with E-state index in [2.05, 4.69) is 41.5 Å². The molecule has 0 bridgehead atoms. The molecule has 0 amide bonds. The summed E-state index contributed by atoms with van der Waals surface area (Å²) in [5.41, 5.74) is 4.00. The standard InChI is InChI=1S/C12H16N2/c1-3-11-10(8-13-2)9-6-4-5-7-12(9)14-11/h4-7,13-14H,3,8H2,1-2H3. The van der Waals surface area contributed by atoms with E-state index in [-0.39, 0.29) is 0 Å². The van der Waals surface area contributed by atoms with Crippen LogP contribution in [0.3, 0.4) is 0 Å². The highest BCUT2D eigenvalue weighted by molar-refractivity contribution is 5.84. The molecule has 1 aromatic heterocycles. The lowest BCUT2D eigenvalue weighted by Gasteiger charge is -2.00. The molecule has 0 fully saturated rings. The Kier molecular flexibility index (Phi) is 2.55. The van der Waals surface area contributed by atoms with Crippen LogP contribution in [-0.2, 0) is 13.0 Å². The van der Waals surface area contributed by atoms with Crippen molar-refractivity contribution in [3.63, 3.8) is 0 Å². The topological polar surface area (TPSA) is 27.8 Å². The summed E-state index contributed by atoms with van der Waals surface area (Å²) < 4.78 is 0. The number of H-pyrrole nitrogens is 1. The summed E-state index contributed by atoms with van der Waals surface area (Å²) in [6, 6.07) is 8.47. The van der Waals surface area contributed by atoms with Crippen LogP contribution >= 0.6 is 0 Å². The van der Waals surface area contributed by atoms with Crippen molar-refractivity contribution in [2.24, 2.45) is 0 Å². The molecule has 2 nitrogen and oxygen atoms in total. The second kappa shape index (κ2) is 3.84. The Hall–Kier alpha value is -1.28. The SMILES string of the molecule is CCc1[nH]c2ccccc2c1CNC. The van der Waals surface area contributed by atoms with Crippen LogP contribution in [-0.4, -0.2) is 12.0 Å². The number of nitrogens with one attached hydrogen (secondary N) is 2. The third-order valence-electron chi connectivity index (χ3n) is 2.61. The van der Waals surface area contributed by atoms with Gasteiger partial charge in [0.2, 0.25) is 0 Å². The van der Waals surface area contributed by atoms with Gasteiger partial charge in [-0.15, -0.1) is 0 Å². The van der Waals surface area contributed by atoms with Crippen molar-refractivity contribution in [1.29, 1.82) is 0 Å². The molecular formula is C12H16N2. The van der Waals surface area contributed by atoms with Gasteiger partial charge in [-0.1, -0.05) is 25.1 Å². The van der Waals surface area contributed by atoms with Gasteiger partial charge in [0, 0.05) is 23.1 Å². The molecule has 1 heterocycles. The van der Waals surface area contributed by atoms with E-state index < -0.39 is 0 Å². The fourth-order valence-corrected chi connectivity index (χ4v) is 1.94. The summed E-state index contributed by atoms with van der Waals surface area (Å²) in [5, 5.41) is 4.56. The van der Waals surface area contributed by atoms with Gasteiger partial charge in [0.25, 0.3) is 0 Å². The van der Waals surface area contributed by atoms with Crippen molar-refractivity contribution in [2.45, 2.75) is 19.9 Å². The van der Waals surface area contributed by atoms with Gasteiger partial charge in [0.15, 0.2) is 0 Å². The predicted octanol–water partition coefficient (Wildman–Crippen LogP) is 2.45. The minimum atomic E-state index is 0.938. The number of rotatable bonds is 3. The van der Waals surface area contributed by atoms with E-state index in [1.165, 1.54) is 22.2 Å². The molecule has 0 saturated heterocycles. The van der Waals surface area contributed by atoms with Crippen LogP contribution in [0.5, 0.6) is 0 Å². The molecule has 74 valence electrons. The first-order valence-corrected chi connectivity index (χ1v) is 5.10. The Balaban J connectivity index is 2.61. The van der Waals surface area contributed by atoms with Crippen molar-refractivity contribution in [3.8, 4) is 0 Å². The van der Waals surface area contributed by atoms with E-state index in [4.69, 9.17) is 0 Å². The van der Waals surface area contributed by atoms with Crippen molar-refractivity contribution in [3.05, 3.63) is 35.5 Å².